The number of H-pyrrole nitrogens is 2. The Morgan fingerprint density at radius 1 is 0.354 bits per heavy atom. The maximum atomic E-state index is 12.1. The Balaban J connectivity index is 1.01. The molecule has 0 spiro atoms. The van der Waals surface area contributed by atoms with E-state index < -0.39 is 45.0 Å². The van der Waals surface area contributed by atoms with Crippen molar-refractivity contribution in [3.05, 3.63) is 193 Å². The third-order valence-electron chi connectivity index (χ3n) is 14.0. The number of aromatic nitrogens is 7. The molecular formula is C60H49N7O9S3. The highest BCUT2D eigenvalue weighted by atomic mass is 32.2. The molecule has 396 valence electrons. The van der Waals surface area contributed by atoms with Crippen LogP contribution in [0.25, 0.3) is 102 Å². The fourth-order valence-electron chi connectivity index (χ4n) is 9.99. The first-order chi connectivity index (χ1) is 37.9. The van der Waals surface area contributed by atoms with Crippen molar-refractivity contribution in [1.82, 2.24) is 19.9 Å². The van der Waals surface area contributed by atoms with Gasteiger partial charge in [-0.3, -0.25) is 0 Å². The van der Waals surface area contributed by atoms with E-state index in [0.717, 1.165) is 49.9 Å². The first kappa shape index (κ1) is 52.5. The summed E-state index contributed by atoms with van der Waals surface area (Å²) in [7, 11) is -12.3. The highest BCUT2D eigenvalue weighted by Crippen LogP contribution is 2.39. The van der Waals surface area contributed by atoms with Gasteiger partial charge in [0.05, 0.1) is 37.5 Å². The fourth-order valence-corrected chi connectivity index (χ4v) is 11.4. The lowest BCUT2D eigenvalue weighted by Gasteiger charge is -2.10. The van der Waals surface area contributed by atoms with E-state index in [-0.39, 0.29) is 0 Å². The van der Waals surface area contributed by atoms with Crippen molar-refractivity contribution in [2.24, 2.45) is 7.05 Å². The summed E-state index contributed by atoms with van der Waals surface area (Å²) in [5.74, 6) is 0. The molecular weight excluding hydrogens is 1060 g/mol. The second kappa shape index (κ2) is 21.3. The maximum absolute atomic E-state index is 12.1. The molecule has 16 nitrogen and oxygen atoms in total. The molecule has 19 heteroatoms. The van der Waals surface area contributed by atoms with Gasteiger partial charge in [0.15, 0.2) is 37.2 Å². The Morgan fingerprint density at radius 2 is 0.620 bits per heavy atom. The molecule has 0 amide bonds. The van der Waals surface area contributed by atoms with Crippen LogP contribution in [0.2, 0.25) is 0 Å². The van der Waals surface area contributed by atoms with Gasteiger partial charge in [-0.05, 0) is 131 Å². The zero-order valence-electron chi connectivity index (χ0n) is 42.4. The molecule has 0 aliphatic carbocycles. The molecule has 0 radical (unpaired) electrons. The molecule has 8 bridgehead atoms. The molecule has 79 heavy (non-hydrogen) atoms. The number of pyridine rings is 3. The van der Waals surface area contributed by atoms with E-state index in [9.17, 15) is 38.9 Å². The minimum atomic E-state index is -4.79. The van der Waals surface area contributed by atoms with Gasteiger partial charge in [-0.2, -0.15) is 0 Å². The van der Waals surface area contributed by atoms with Gasteiger partial charge in [0, 0.05) is 93.6 Å². The molecule has 0 saturated carbocycles. The van der Waals surface area contributed by atoms with E-state index in [1.54, 1.807) is 42.5 Å². The van der Waals surface area contributed by atoms with Crippen molar-refractivity contribution >= 4 is 76.7 Å². The Bertz CT molecular complexity index is 4340. The van der Waals surface area contributed by atoms with Gasteiger partial charge in [-0.15, -0.1) is 0 Å². The predicted molar refractivity (Wildman–Crippen MR) is 296 cm³/mol. The Hall–Kier alpha value is -8.56. The third-order valence-corrected chi connectivity index (χ3v) is 16.6. The lowest BCUT2D eigenvalue weighted by molar-refractivity contribution is -0.698. The van der Waals surface area contributed by atoms with E-state index in [0.29, 0.717) is 78.2 Å². The molecule has 2 aliphatic heterocycles. The average molecular weight is 1110 g/mol. The van der Waals surface area contributed by atoms with Gasteiger partial charge in [-0.1, -0.05) is 36.4 Å². The lowest BCUT2D eigenvalue weighted by Crippen LogP contribution is -2.33. The quantitative estimate of drug-likeness (QED) is 0.0557. The van der Waals surface area contributed by atoms with Gasteiger partial charge >= 0.3 is 0 Å². The van der Waals surface area contributed by atoms with Crippen LogP contribution in [-0.4, -0.2) is 58.8 Å². The molecule has 3 aromatic carbocycles. The van der Waals surface area contributed by atoms with Crippen LogP contribution in [0.15, 0.2) is 185 Å². The standard InChI is InChI=1S/C60H49N7O9S3/c1-65-34-26-40(27-35-65)41-28-36-66(37-29-41)32-4-2-3-5-33-67-38-30-45(31-39-67)60-55-24-22-53(63-55)58(43-8-14-47(15-9-43)78(71,72)73)51-20-18-49(61-51)57(42-6-12-46(13-7-42)77(68,69)70)50-19-21-52(62-50)59(54-23-25-56(60)64-54)44-10-16-48(17-11-44)79(74,75)76/h6-31,34-39H,2-5,32-33H2,1H3,(H2-,68,69,70,71,72,73,74,75,76). The van der Waals surface area contributed by atoms with E-state index in [1.165, 1.54) is 59.7 Å². The van der Waals surface area contributed by atoms with Crippen molar-refractivity contribution in [1.29, 1.82) is 0 Å². The molecule has 11 rings (SSSR count). The van der Waals surface area contributed by atoms with Gasteiger partial charge in [-0.25, -0.2) is 48.9 Å². The van der Waals surface area contributed by atoms with Crippen LogP contribution in [0.5, 0.6) is 0 Å². The summed E-state index contributed by atoms with van der Waals surface area (Å²) in [5.41, 5.74) is 11.4. The van der Waals surface area contributed by atoms with E-state index >= 15 is 0 Å². The second-order valence-electron chi connectivity index (χ2n) is 19.3. The summed E-state index contributed by atoms with van der Waals surface area (Å²) in [6.07, 6.45) is 23.9. The summed E-state index contributed by atoms with van der Waals surface area (Å²) < 4.78 is 115. The summed E-state index contributed by atoms with van der Waals surface area (Å²) >= 11 is 0. The van der Waals surface area contributed by atoms with Crippen molar-refractivity contribution in [2.75, 3.05) is 0 Å². The largest absolute Gasteiger partial charge is 0.744 e. The minimum absolute atomic E-state index is 0.401. The zero-order chi connectivity index (χ0) is 55.1. The molecule has 0 atom stereocenters. The molecule has 2 aliphatic rings. The first-order valence-corrected chi connectivity index (χ1v) is 29.4. The number of benzene rings is 3. The van der Waals surface area contributed by atoms with Crippen LogP contribution in [0.1, 0.15) is 48.5 Å². The normalized spacial score (nSPS) is 12.6. The average Bonchev–Trinajstić information content (AvgIpc) is 4.32. The van der Waals surface area contributed by atoms with Gasteiger partial charge in [0.2, 0.25) is 0 Å². The second-order valence-corrected chi connectivity index (χ2v) is 23.4. The van der Waals surface area contributed by atoms with Crippen molar-refractivity contribution < 1.29 is 52.6 Å². The molecule has 6 aromatic heterocycles. The summed E-state index contributed by atoms with van der Waals surface area (Å²) in [6, 6.07) is 36.7. The van der Waals surface area contributed by atoms with Crippen LogP contribution in [0, 0.1) is 0 Å². The molecule has 2 N–H and O–H groups in total. The highest BCUT2D eigenvalue weighted by molar-refractivity contribution is 7.86. The zero-order valence-corrected chi connectivity index (χ0v) is 44.8. The Kier molecular flexibility index (Phi) is 14.2. The molecule has 9 aromatic rings. The number of rotatable bonds is 15. The number of aryl methyl sites for hydroxylation is 3. The Morgan fingerprint density at radius 3 is 0.911 bits per heavy atom. The monoisotopic (exact) mass is 1110 g/mol. The van der Waals surface area contributed by atoms with Crippen molar-refractivity contribution in [2.45, 2.75) is 53.5 Å². The van der Waals surface area contributed by atoms with Crippen LogP contribution in [0.4, 0.5) is 0 Å². The van der Waals surface area contributed by atoms with E-state index in [2.05, 4.69) is 55.8 Å². The molecule has 8 heterocycles. The highest BCUT2D eigenvalue weighted by Gasteiger charge is 2.21. The molecule has 0 saturated heterocycles. The van der Waals surface area contributed by atoms with E-state index in [4.69, 9.17) is 9.97 Å². The lowest BCUT2D eigenvalue weighted by atomic mass is 10.0. The third kappa shape index (κ3) is 11.4. The fraction of sp³-hybridized carbons (Fsp3) is 0.117. The van der Waals surface area contributed by atoms with Crippen LogP contribution < -0.4 is 13.7 Å². The number of aromatic amines is 2. The maximum Gasteiger partial charge on any atom is 0.169 e. The number of hydrogen-bond acceptors (Lipinski definition) is 11. The minimum Gasteiger partial charge on any atom is -0.744 e. The SMILES string of the molecule is C[n+]1ccc(-c2cc[n+](CCCCCC[n+]3ccc(-c4c5nc(c(-c6ccc(S(=O)(=O)[O-])cc6)c6ccc([nH]6)c(-c6ccc(S(=O)(=O)[O-])cc6)c6nc(c(-c7ccc(S(=O)(=O)[O-])cc7)c7ccc4[nH]7)C=C6)C=C5)cc3)cc2)cc1. The summed E-state index contributed by atoms with van der Waals surface area (Å²) in [6.45, 7) is 1.75. The number of unbranched alkanes of at least 4 members (excludes halogenated alkanes) is 3. The molecule has 0 unspecified atom stereocenters. The van der Waals surface area contributed by atoms with Gasteiger partial charge in [0.25, 0.3) is 0 Å². The van der Waals surface area contributed by atoms with Crippen LogP contribution in [0.3, 0.4) is 0 Å². The van der Waals surface area contributed by atoms with E-state index in [1.807, 2.05) is 78.9 Å². The van der Waals surface area contributed by atoms with Gasteiger partial charge in [0.1, 0.15) is 50.5 Å². The van der Waals surface area contributed by atoms with Crippen molar-refractivity contribution in [3.8, 4) is 55.6 Å². The molecule has 0 fully saturated rings. The number of fused-ring (bicyclic) bond motifs is 8. The first-order valence-electron chi connectivity index (χ1n) is 25.2. The predicted octanol–water partition coefficient (Wildman–Crippen LogP) is 9.36. The number of nitrogens with one attached hydrogen (secondary N) is 2. The summed E-state index contributed by atoms with van der Waals surface area (Å²) in [4.78, 5) is 16.3. The van der Waals surface area contributed by atoms with Crippen molar-refractivity contribution in [3.63, 3.8) is 0 Å². The topological polar surface area (TPSA) is 241 Å². The Labute approximate surface area is 456 Å². The number of hydrogen-bond donors (Lipinski definition) is 2. The summed E-state index contributed by atoms with van der Waals surface area (Å²) in [5, 5.41) is 0. The van der Waals surface area contributed by atoms with Crippen LogP contribution >= 0.6 is 0 Å². The smallest absolute Gasteiger partial charge is 0.169 e. The van der Waals surface area contributed by atoms with Gasteiger partial charge < -0.3 is 23.6 Å². The van der Waals surface area contributed by atoms with Crippen LogP contribution in [-0.2, 0) is 50.5 Å². The number of nitrogens with zero attached hydrogens (tertiary/aromatic N) is 5.